The summed E-state index contributed by atoms with van der Waals surface area (Å²) in [4.78, 5) is 21.4. The molecular formula is C31H32FN9. The molecule has 5 heterocycles. The zero-order valence-corrected chi connectivity index (χ0v) is 23.5. The predicted octanol–water partition coefficient (Wildman–Crippen LogP) is 5.40. The minimum atomic E-state index is -0.313. The first kappa shape index (κ1) is 26.5. The van der Waals surface area contributed by atoms with Gasteiger partial charge in [0.2, 0.25) is 0 Å². The van der Waals surface area contributed by atoms with Gasteiger partial charge in [-0.3, -0.25) is 15.1 Å². The Morgan fingerprint density at radius 3 is 2.54 bits per heavy atom. The number of halogens is 1. The summed E-state index contributed by atoms with van der Waals surface area (Å²) in [6, 6.07) is 13.1. The first-order chi connectivity index (χ1) is 19.8. The van der Waals surface area contributed by atoms with Crippen molar-refractivity contribution >= 4 is 27.6 Å². The molecule has 0 bridgehead atoms. The fourth-order valence-electron chi connectivity index (χ4n) is 5.03. The maximum absolute atomic E-state index is 14.7. The standard InChI is InChI=1S/C31H32FN9/c1-40(2)8-7-34-24-11-20(10-23(32)13-24)29-25-14-28(37-27(25)5-6-35-29)30-26-12-22(17-36-31(26)39-38-30)21-9-19(15-33-16-21)18-41(3)4/h5-6,9-17,34,37H,7-8,18H2,1-4H3,(H,36,38,39). The van der Waals surface area contributed by atoms with Crippen LogP contribution in [0.4, 0.5) is 10.1 Å². The number of hydrogen-bond donors (Lipinski definition) is 3. The molecule has 208 valence electrons. The number of hydrogen-bond acceptors (Lipinski definition) is 7. The molecule has 0 aliphatic carbocycles. The fraction of sp³-hybridized carbons (Fsp3) is 0.226. The van der Waals surface area contributed by atoms with Crippen molar-refractivity contribution in [3.8, 4) is 33.8 Å². The number of fused-ring (bicyclic) bond motifs is 2. The van der Waals surface area contributed by atoms with Crippen molar-refractivity contribution in [2.75, 3.05) is 46.6 Å². The van der Waals surface area contributed by atoms with Crippen LogP contribution in [0.25, 0.3) is 55.7 Å². The maximum atomic E-state index is 14.7. The molecule has 41 heavy (non-hydrogen) atoms. The van der Waals surface area contributed by atoms with Crippen molar-refractivity contribution in [1.29, 1.82) is 0 Å². The van der Waals surface area contributed by atoms with Gasteiger partial charge in [-0.2, -0.15) is 5.10 Å². The number of anilines is 1. The molecule has 9 nitrogen and oxygen atoms in total. The number of nitrogens with one attached hydrogen (secondary N) is 3. The average molecular weight is 550 g/mol. The van der Waals surface area contributed by atoms with Crippen molar-refractivity contribution in [2.45, 2.75) is 6.54 Å². The zero-order valence-electron chi connectivity index (χ0n) is 23.5. The van der Waals surface area contributed by atoms with Gasteiger partial charge in [0.25, 0.3) is 0 Å². The molecule has 5 aromatic heterocycles. The van der Waals surface area contributed by atoms with Crippen molar-refractivity contribution in [3.05, 3.63) is 78.6 Å². The number of benzene rings is 1. The van der Waals surface area contributed by atoms with Crippen LogP contribution in [0, 0.1) is 5.82 Å². The Balaban J connectivity index is 1.37. The molecule has 6 aromatic rings. The molecule has 0 unspecified atom stereocenters. The SMILES string of the molecule is CN(C)CCNc1cc(F)cc(-c2nccc3[nH]c(-c4[nH]nc5ncc(-c6cncc(CN(C)C)c6)cc45)cc23)c1. The summed E-state index contributed by atoms with van der Waals surface area (Å²) in [7, 11) is 8.09. The molecule has 0 atom stereocenters. The number of aromatic amines is 2. The van der Waals surface area contributed by atoms with E-state index in [-0.39, 0.29) is 5.82 Å². The van der Waals surface area contributed by atoms with Gasteiger partial charge in [-0.05, 0) is 76.2 Å². The van der Waals surface area contributed by atoms with Gasteiger partial charge in [-0.1, -0.05) is 0 Å². The molecule has 0 saturated heterocycles. The molecule has 6 rings (SSSR count). The van der Waals surface area contributed by atoms with E-state index in [0.717, 1.165) is 63.1 Å². The maximum Gasteiger partial charge on any atom is 0.181 e. The molecule has 10 heteroatoms. The minimum Gasteiger partial charge on any atom is -0.384 e. The number of rotatable bonds is 9. The average Bonchev–Trinajstić information content (AvgIpc) is 3.56. The quantitative estimate of drug-likeness (QED) is 0.222. The van der Waals surface area contributed by atoms with Gasteiger partial charge in [0.1, 0.15) is 5.82 Å². The van der Waals surface area contributed by atoms with Gasteiger partial charge in [-0.15, -0.1) is 0 Å². The predicted molar refractivity (Wildman–Crippen MR) is 162 cm³/mol. The first-order valence-electron chi connectivity index (χ1n) is 13.4. The van der Waals surface area contributed by atoms with E-state index in [1.54, 1.807) is 6.20 Å². The third kappa shape index (κ3) is 5.65. The molecule has 0 fully saturated rings. The van der Waals surface area contributed by atoms with Crippen LogP contribution in [0.5, 0.6) is 0 Å². The van der Waals surface area contributed by atoms with Gasteiger partial charge in [-0.25, -0.2) is 9.37 Å². The van der Waals surface area contributed by atoms with Crippen molar-refractivity contribution in [3.63, 3.8) is 0 Å². The highest BCUT2D eigenvalue weighted by Gasteiger charge is 2.16. The van der Waals surface area contributed by atoms with Crippen molar-refractivity contribution < 1.29 is 4.39 Å². The molecular weight excluding hydrogens is 517 g/mol. The third-order valence-corrected chi connectivity index (χ3v) is 6.91. The second-order valence-electron chi connectivity index (χ2n) is 10.8. The van der Waals surface area contributed by atoms with Crippen molar-refractivity contribution in [1.82, 2.24) is 39.9 Å². The topological polar surface area (TPSA) is 102 Å². The fourth-order valence-corrected chi connectivity index (χ4v) is 5.03. The summed E-state index contributed by atoms with van der Waals surface area (Å²) in [6.07, 6.45) is 7.30. The highest BCUT2D eigenvalue weighted by molar-refractivity contribution is 6.00. The van der Waals surface area contributed by atoms with E-state index in [1.807, 2.05) is 65.0 Å². The number of aromatic nitrogens is 6. The Bertz CT molecular complexity index is 1840. The molecule has 0 amide bonds. The van der Waals surface area contributed by atoms with Crippen LogP contribution in [-0.4, -0.2) is 81.2 Å². The smallest absolute Gasteiger partial charge is 0.181 e. The largest absolute Gasteiger partial charge is 0.384 e. The van der Waals surface area contributed by atoms with E-state index in [1.165, 1.54) is 12.1 Å². The van der Waals surface area contributed by atoms with E-state index in [2.05, 4.69) is 57.4 Å². The van der Waals surface area contributed by atoms with Gasteiger partial charge in [0.15, 0.2) is 5.65 Å². The highest BCUT2D eigenvalue weighted by Crippen LogP contribution is 2.34. The molecule has 0 spiro atoms. The Hall–Kier alpha value is -4.67. The van der Waals surface area contributed by atoms with Crippen LogP contribution >= 0.6 is 0 Å². The number of H-pyrrole nitrogens is 2. The van der Waals surface area contributed by atoms with Crippen molar-refractivity contribution in [2.24, 2.45) is 0 Å². The lowest BCUT2D eigenvalue weighted by Gasteiger charge is -2.12. The van der Waals surface area contributed by atoms with Crippen LogP contribution < -0.4 is 5.32 Å². The minimum absolute atomic E-state index is 0.313. The first-order valence-corrected chi connectivity index (χ1v) is 13.4. The lowest BCUT2D eigenvalue weighted by Crippen LogP contribution is -2.20. The van der Waals surface area contributed by atoms with Crippen LogP contribution in [-0.2, 0) is 6.54 Å². The van der Waals surface area contributed by atoms with Crippen LogP contribution in [0.3, 0.4) is 0 Å². The van der Waals surface area contributed by atoms with E-state index >= 15 is 0 Å². The zero-order chi connectivity index (χ0) is 28.5. The van der Waals surface area contributed by atoms with Gasteiger partial charge in [0, 0.05) is 83.1 Å². The normalized spacial score (nSPS) is 11.8. The van der Waals surface area contributed by atoms with E-state index in [0.29, 0.717) is 23.4 Å². The number of pyridine rings is 3. The summed E-state index contributed by atoms with van der Waals surface area (Å²) >= 11 is 0. The summed E-state index contributed by atoms with van der Waals surface area (Å²) < 4.78 is 14.7. The number of nitrogens with zero attached hydrogens (tertiary/aromatic N) is 6. The lowest BCUT2D eigenvalue weighted by atomic mass is 10.0. The second kappa shape index (κ2) is 11.1. The van der Waals surface area contributed by atoms with E-state index in [4.69, 9.17) is 0 Å². The Labute approximate surface area is 237 Å². The van der Waals surface area contributed by atoms with Gasteiger partial charge in [0.05, 0.1) is 17.1 Å². The summed E-state index contributed by atoms with van der Waals surface area (Å²) in [6.45, 7) is 2.35. The Morgan fingerprint density at radius 1 is 0.854 bits per heavy atom. The van der Waals surface area contributed by atoms with E-state index in [9.17, 15) is 4.39 Å². The number of likely N-dealkylation sites (N-methyl/N-ethyl adjacent to an activating group) is 1. The molecule has 3 N–H and O–H groups in total. The van der Waals surface area contributed by atoms with Gasteiger partial charge >= 0.3 is 0 Å². The Morgan fingerprint density at radius 2 is 1.71 bits per heavy atom. The van der Waals surface area contributed by atoms with Crippen LogP contribution in [0.1, 0.15) is 5.56 Å². The lowest BCUT2D eigenvalue weighted by molar-refractivity contribution is 0.402. The summed E-state index contributed by atoms with van der Waals surface area (Å²) in [5.41, 5.74) is 8.39. The summed E-state index contributed by atoms with van der Waals surface area (Å²) in [5.74, 6) is -0.313. The second-order valence-corrected chi connectivity index (χ2v) is 10.8. The molecule has 0 aliphatic heterocycles. The van der Waals surface area contributed by atoms with Crippen LogP contribution in [0.15, 0.2) is 67.3 Å². The van der Waals surface area contributed by atoms with Crippen LogP contribution in [0.2, 0.25) is 0 Å². The van der Waals surface area contributed by atoms with Gasteiger partial charge < -0.3 is 20.1 Å². The highest BCUT2D eigenvalue weighted by atomic mass is 19.1. The van der Waals surface area contributed by atoms with E-state index < -0.39 is 0 Å². The molecule has 0 saturated carbocycles. The third-order valence-electron chi connectivity index (χ3n) is 6.91. The molecule has 0 aliphatic rings. The Kier molecular flexibility index (Phi) is 7.17. The summed E-state index contributed by atoms with van der Waals surface area (Å²) in [5, 5.41) is 12.7. The molecule has 1 aromatic carbocycles. The molecule has 0 radical (unpaired) electrons. The monoisotopic (exact) mass is 549 g/mol.